The minimum Gasteiger partial charge on any atom is -0.354 e. The van der Waals surface area contributed by atoms with E-state index in [4.69, 9.17) is 11.6 Å². The third-order valence-electron chi connectivity index (χ3n) is 4.16. The molecule has 1 saturated carbocycles. The lowest BCUT2D eigenvalue weighted by molar-refractivity contribution is 0.577. The number of nitrogens with one attached hydrogen (secondary N) is 2. The van der Waals surface area contributed by atoms with Crippen LogP contribution in [0.5, 0.6) is 0 Å². The fraction of sp³-hybridized carbons (Fsp3) is 0.714. The van der Waals surface area contributed by atoms with E-state index in [1.54, 1.807) is 0 Å². The van der Waals surface area contributed by atoms with Gasteiger partial charge in [-0.1, -0.05) is 24.4 Å². The molecule has 1 aromatic rings. The summed E-state index contributed by atoms with van der Waals surface area (Å²) in [7, 11) is 0. The van der Waals surface area contributed by atoms with E-state index in [0.29, 0.717) is 11.1 Å². The Morgan fingerprint density at radius 3 is 2.79 bits per heavy atom. The summed E-state index contributed by atoms with van der Waals surface area (Å²) in [6.45, 7) is 2.92. The van der Waals surface area contributed by atoms with Crippen molar-refractivity contribution in [3.8, 4) is 0 Å². The molecule has 1 aliphatic heterocycles. The Hall–Kier alpha value is -0.870. The fourth-order valence-corrected chi connectivity index (χ4v) is 3.31. The van der Waals surface area contributed by atoms with Crippen molar-refractivity contribution >= 4 is 17.5 Å². The maximum absolute atomic E-state index is 6.30. The largest absolute Gasteiger partial charge is 0.354 e. The summed E-state index contributed by atoms with van der Waals surface area (Å²) in [6.07, 6.45) is 7.26. The zero-order valence-corrected chi connectivity index (χ0v) is 12.0. The summed E-state index contributed by atoms with van der Waals surface area (Å²) >= 11 is 6.30. The smallest absolute Gasteiger partial charge is 0.224 e. The van der Waals surface area contributed by atoms with Crippen LogP contribution in [0.2, 0.25) is 5.15 Å². The second-order valence-electron chi connectivity index (χ2n) is 5.54. The van der Waals surface area contributed by atoms with Gasteiger partial charge in [-0.25, -0.2) is 9.97 Å². The van der Waals surface area contributed by atoms with Gasteiger partial charge in [0.25, 0.3) is 0 Å². The zero-order chi connectivity index (χ0) is 13.1. The van der Waals surface area contributed by atoms with E-state index in [0.717, 1.165) is 49.7 Å². The molecule has 4 nitrogen and oxygen atoms in total. The predicted octanol–water partition coefficient (Wildman–Crippen LogP) is 2.42. The highest BCUT2D eigenvalue weighted by Gasteiger charge is 2.17. The molecule has 5 heteroatoms. The molecule has 2 aliphatic rings. The lowest BCUT2D eigenvalue weighted by Crippen LogP contribution is -2.16. The van der Waals surface area contributed by atoms with E-state index < -0.39 is 0 Å². The topological polar surface area (TPSA) is 49.8 Å². The molecule has 1 aliphatic carbocycles. The highest BCUT2D eigenvalue weighted by atomic mass is 35.5. The van der Waals surface area contributed by atoms with Crippen LogP contribution in [-0.2, 0) is 12.8 Å². The van der Waals surface area contributed by atoms with Crippen molar-refractivity contribution in [1.82, 2.24) is 15.3 Å². The van der Waals surface area contributed by atoms with Gasteiger partial charge in [-0.2, -0.15) is 0 Å². The van der Waals surface area contributed by atoms with Crippen LogP contribution in [-0.4, -0.2) is 29.6 Å². The third kappa shape index (κ3) is 3.18. The Bertz CT molecular complexity index is 443. The van der Waals surface area contributed by atoms with E-state index in [-0.39, 0.29) is 0 Å². The highest BCUT2D eigenvalue weighted by Crippen LogP contribution is 2.25. The molecule has 1 fully saturated rings. The summed E-state index contributed by atoms with van der Waals surface area (Å²) in [5.74, 6) is 1.49. The first-order chi connectivity index (χ1) is 9.33. The molecule has 0 unspecified atom stereocenters. The molecule has 0 atom stereocenters. The minimum absolute atomic E-state index is 0.627. The molecule has 104 valence electrons. The van der Waals surface area contributed by atoms with Gasteiger partial charge in [0.05, 0.1) is 5.69 Å². The summed E-state index contributed by atoms with van der Waals surface area (Å²) < 4.78 is 0. The van der Waals surface area contributed by atoms with Crippen LogP contribution in [0, 0.1) is 5.92 Å². The van der Waals surface area contributed by atoms with Gasteiger partial charge >= 0.3 is 0 Å². The van der Waals surface area contributed by atoms with Gasteiger partial charge in [0.2, 0.25) is 5.95 Å². The van der Waals surface area contributed by atoms with Gasteiger partial charge in [-0.3, -0.25) is 0 Å². The molecule has 1 aromatic heterocycles. The maximum Gasteiger partial charge on any atom is 0.224 e. The summed E-state index contributed by atoms with van der Waals surface area (Å²) in [6, 6.07) is 0. The molecule has 0 amide bonds. The Morgan fingerprint density at radius 2 is 1.95 bits per heavy atom. The lowest BCUT2D eigenvalue weighted by Gasteiger charge is -2.13. The van der Waals surface area contributed by atoms with Crippen molar-refractivity contribution < 1.29 is 0 Å². The average molecular weight is 281 g/mol. The van der Waals surface area contributed by atoms with Crippen LogP contribution in [0.4, 0.5) is 5.95 Å². The molecule has 0 spiro atoms. The Balaban J connectivity index is 1.71. The average Bonchev–Trinajstić information content (AvgIpc) is 2.81. The number of rotatable bonds is 3. The molecule has 2 N–H and O–H groups in total. The van der Waals surface area contributed by atoms with Gasteiger partial charge in [0, 0.05) is 25.1 Å². The van der Waals surface area contributed by atoms with Crippen LogP contribution in [0.3, 0.4) is 0 Å². The molecular weight excluding hydrogens is 260 g/mol. The molecule has 0 saturated heterocycles. The summed E-state index contributed by atoms with van der Waals surface area (Å²) in [5, 5.41) is 7.37. The van der Waals surface area contributed by atoms with Gasteiger partial charge in [0.1, 0.15) is 5.15 Å². The number of hydrogen-bond acceptors (Lipinski definition) is 4. The van der Waals surface area contributed by atoms with Crippen LogP contribution < -0.4 is 10.6 Å². The third-order valence-corrected chi connectivity index (χ3v) is 4.47. The predicted molar refractivity (Wildman–Crippen MR) is 77.8 cm³/mol. The van der Waals surface area contributed by atoms with Crippen molar-refractivity contribution in [3.63, 3.8) is 0 Å². The van der Waals surface area contributed by atoms with E-state index >= 15 is 0 Å². The van der Waals surface area contributed by atoms with E-state index in [9.17, 15) is 0 Å². The standard InChI is InChI=1S/C14H21ClN4/c15-13-11-5-7-16-8-6-12(11)18-14(19-13)17-9-10-3-1-2-4-10/h10,16H,1-9H2,(H,17,18,19). The Kier molecular flexibility index (Phi) is 4.18. The van der Waals surface area contributed by atoms with E-state index in [1.807, 2.05) is 0 Å². The summed E-state index contributed by atoms with van der Waals surface area (Å²) in [5.41, 5.74) is 2.23. The number of hydrogen-bond donors (Lipinski definition) is 2. The number of fused-ring (bicyclic) bond motifs is 1. The highest BCUT2D eigenvalue weighted by molar-refractivity contribution is 6.30. The van der Waals surface area contributed by atoms with Crippen molar-refractivity contribution in [2.24, 2.45) is 5.92 Å². The van der Waals surface area contributed by atoms with Crippen molar-refractivity contribution in [1.29, 1.82) is 0 Å². The molecule has 19 heavy (non-hydrogen) atoms. The quantitative estimate of drug-likeness (QED) is 0.835. The molecule has 2 heterocycles. The minimum atomic E-state index is 0.627. The van der Waals surface area contributed by atoms with Crippen molar-refractivity contribution in [2.75, 3.05) is 25.0 Å². The second-order valence-corrected chi connectivity index (χ2v) is 5.90. The number of nitrogens with zero attached hydrogens (tertiary/aromatic N) is 2. The van der Waals surface area contributed by atoms with Gasteiger partial charge < -0.3 is 10.6 Å². The Labute approximate surface area is 119 Å². The molecule has 0 radical (unpaired) electrons. The van der Waals surface area contributed by atoms with Crippen LogP contribution in [0.1, 0.15) is 36.9 Å². The molecular formula is C14H21ClN4. The zero-order valence-electron chi connectivity index (χ0n) is 11.2. The second kappa shape index (κ2) is 6.06. The van der Waals surface area contributed by atoms with Gasteiger partial charge in [-0.05, 0) is 31.7 Å². The SMILES string of the molecule is Clc1nc(NCC2CCCC2)nc2c1CCNCC2. The first kappa shape index (κ1) is 13.1. The normalized spacial score (nSPS) is 20.1. The van der Waals surface area contributed by atoms with E-state index in [1.165, 1.54) is 25.7 Å². The lowest BCUT2D eigenvalue weighted by atomic mass is 10.1. The van der Waals surface area contributed by atoms with Gasteiger partial charge in [0.15, 0.2) is 0 Å². The van der Waals surface area contributed by atoms with Crippen molar-refractivity contribution in [3.05, 3.63) is 16.4 Å². The summed E-state index contributed by atoms with van der Waals surface area (Å²) in [4.78, 5) is 9.05. The molecule has 0 bridgehead atoms. The van der Waals surface area contributed by atoms with Crippen LogP contribution >= 0.6 is 11.6 Å². The molecule has 3 rings (SSSR count). The number of aromatic nitrogens is 2. The van der Waals surface area contributed by atoms with Crippen LogP contribution in [0.25, 0.3) is 0 Å². The first-order valence-electron chi connectivity index (χ1n) is 7.33. The van der Waals surface area contributed by atoms with Gasteiger partial charge in [-0.15, -0.1) is 0 Å². The number of anilines is 1. The van der Waals surface area contributed by atoms with Crippen LogP contribution in [0.15, 0.2) is 0 Å². The first-order valence-corrected chi connectivity index (χ1v) is 7.70. The Morgan fingerprint density at radius 1 is 1.16 bits per heavy atom. The van der Waals surface area contributed by atoms with Crippen molar-refractivity contribution in [2.45, 2.75) is 38.5 Å². The maximum atomic E-state index is 6.30. The fourth-order valence-electron chi connectivity index (χ4n) is 3.03. The monoisotopic (exact) mass is 280 g/mol. The molecule has 0 aromatic carbocycles. The van der Waals surface area contributed by atoms with E-state index in [2.05, 4.69) is 20.6 Å². The number of halogens is 1.